The topological polar surface area (TPSA) is 91.0 Å². The van der Waals surface area contributed by atoms with Crippen LogP contribution in [0.1, 0.15) is 58.6 Å². The molecule has 0 unspecified atom stereocenters. The lowest BCUT2D eigenvalue weighted by atomic mass is 10.1. The van der Waals surface area contributed by atoms with Gasteiger partial charge in [-0.05, 0) is 52.3 Å². The van der Waals surface area contributed by atoms with Crippen LogP contribution in [0.5, 0.6) is 0 Å². The molecule has 0 aliphatic rings. The lowest BCUT2D eigenvalue weighted by molar-refractivity contribution is 0.0371. The van der Waals surface area contributed by atoms with Crippen LogP contribution in [0, 0.1) is 13.8 Å². The number of amides is 1. The van der Waals surface area contributed by atoms with Gasteiger partial charge in [-0.1, -0.05) is 23.7 Å². The lowest BCUT2D eigenvalue weighted by Gasteiger charge is -2.09. The van der Waals surface area contributed by atoms with E-state index in [1.807, 2.05) is 26.8 Å². The quantitative estimate of drug-likeness (QED) is 0.551. The van der Waals surface area contributed by atoms with E-state index in [2.05, 4.69) is 15.5 Å². The molecule has 2 aromatic heterocycles. The number of ether oxygens (including phenoxy) is 1. The molecule has 8 nitrogen and oxygen atoms in total. The van der Waals surface area contributed by atoms with E-state index in [-0.39, 0.29) is 17.7 Å². The monoisotopic (exact) mass is 443 g/mol. The lowest BCUT2D eigenvalue weighted by Crippen LogP contribution is -2.17. The second kappa shape index (κ2) is 9.34. The summed E-state index contributed by atoms with van der Waals surface area (Å²) in [5.74, 6) is -0.921. The maximum Gasteiger partial charge on any atom is 0.361 e. The van der Waals surface area contributed by atoms with Crippen molar-refractivity contribution in [2.24, 2.45) is 0 Å². The van der Waals surface area contributed by atoms with Crippen LogP contribution in [0.2, 0.25) is 5.02 Å². The highest BCUT2D eigenvalue weighted by Gasteiger charge is 2.21. The summed E-state index contributed by atoms with van der Waals surface area (Å²) in [6, 6.07) is 7.22. The summed E-state index contributed by atoms with van der Waals surface area (Å²) in [5, 5.41) is 12.1. The molecule has 0 aliphatic carbocycles. The molecule has 0 saturated carbocycles. The normalized spacial score (nSPS) is 11.1. The summed E-state index contributed by atoms with van der Waals surface area (Å²) in [4.78, 5) is 25.3. The minimum Gasteiger partial charge on any atom is -0.458 e. The number of nitrogens with zero attached hydrogens (tertiary/aromatic N) is 4. The highest BCUT2D eigenvalue weighted by atomic mass is 35.5. The molecule has 0 spiro atoms. The molecule has 1 aromatic carbocycles. The second-order valence-electron chi connectivity index (χ2n) is 7.50. The van der Waals surface area contributed by atoms with Gasteiger partial charge in [-0.15, -0.1) is 0 Å². The van der Waals surface area contributed by atoms with Crippen molar-refractivity contribution in [2.45, 2.75) is 53.8 Å². The Morgan fingerprint density at radius 1 is 1.23 bits per heavy atom. The van der Waals surface area contributed by atoms with E-state index in [4.69, 9.17) is 16.3 Å². The van der Waals surface area contributed by atoms with Gasteiger partial charge in [0.2, 0.25) is 0 Å². The highest BCUT2D eigenvalue weighted by molar-refractivity contribution is 6.31. The number of rotatable bonds is 7. The first-order valence-corrected chi connectivity index (χ1v) is 10.5. The van der Waals surface area contributed by atoms with Crippen molar-refractivity contribution < 1.29 is 14.3 Å². The van der Waals surface area contributed by atoms with Gasteiger partial charge < -0.3 is 10.1 Å². The Bertz CT molecular complexity index is 1120. The number of hydrogen-bond donors (Lipinski definition) is 1. The summed E-state index contributed by atoms with van der Waals surface area (Å²) < 4.78 is 8.63. The van der Waals surface area contributed by atoms with E-state index in [1.54, 1.807) is 47.6 Å². The molecule has 0 atom stereocenters. The van der Waals surface area contributed by atoms with Crippen molar-refractivity contribution in [3.05, 3.63) is 63.7 Å². The Balaban J connectivity index is 1.81. The molecule has 164 valence electrons. The van der Waals surface area contributed by atoms with Gasteiger partial charge in [-0.2, -0.15) is 10.2 Å². The van der Waals surface area contributed by atoms with Crippen LogP contribution < -0.4 is 5.32 Å². The van der Waals surface area contributed by atoms with Gasteiger partial charge in [-0.3, -0.25) is 14.2 Å². The van der Waals surface area contributed by atoms with E-state index in [0.717, 1.165) is 17.0 Å². The summed E-state index contributed by atoms with van der Waals surface area (Å²) >= 11 is 6.23. The van der Waals surface area contributed by atoms with E-state index >= 15 is 0 Å². The molecule has 0 bridgehead atoms. The van der Waals surface area contributed by atoms with Crippen LogP contribution in [0.15, 0.2) is 30.5 Å². The highest BCUT2D eigenvalue weighted by Crippen LogP contribution is 2.21. The average molecular weight is 444 g/mol. The summed E-state index contributed by atoms with van der Waals surface area (Å²) in [6.45, 7) is 10.2. The van der Waals surface area contributed by atoms with Crippen molar-refractivity contribution in [2.75, 3.05) is 5.32 Å². The van der Waals surface area contributed by atoms with E-state index in [1.165, 1.54) is 0 Å². The van der Waals surface area contributed by atoms with E-state index in [0.29, 0.717) is 29.4 Å². The molecule has 3 rings (SSSR count). The van der Waals surface area contributed by atoms with E-state index in [9.17, 15) is 9.59 Å². The zero-order valence-electron chi connectivity index (χ0n) is 18.3. The first-order chi connectivity index (χ1) is 14.7. The Morgan fingerprint density at radius 2 is 1.97 bits per heavy atom. The van der Waals surface area contributed by atoms with Crippen molar-refractivity contribution in [3.63, 3.8) is 0 Å². The third-order valence-corrected chi connectivity index (χ3v) is 5.23. The zero-order valence-corrected chi connectivity index (χ0v) is 19.0. The number of halogens is 1. The zero-order chi connectivity index (χ0) is 22.7. The Kier molecular flexibility index (Phi) is 6.80. The molecule has 2 heterocycles. The number of anilines is 1. The molecule has 0 saturated heterocycles. The number of benzene rings is 1. The number of aryl methyl sites for hydroxylation is 2. The van der Waals surface area contributed by atoms with Crippen LogP contribution in [-0.2, 0) is 17.8 Å². The Hall–Kier alpha value is -3.13. The SMILES string of the molecule is CCn1cc(NC(=O)c2cccc(Cn3nc(C)c(Cl)c3C)c2)c(C(=O)OC(C)C)n1. The molecule has 3 aromatic rings. The van der Waals surface area contributed by atoms with Gasteiger partial charge in [0.15, 0.2) is 5.69 Å². The minimum atomic E-state index is -0.576. The molecular formula is C22H26ClN5O3. The standard InChI is InChI=1S/C22H26ClN5O3/c1-6-27-12-18(20(26-27)22(30)31-13(2)3)24-21(29)17-9-7-8-16(10-17)11-28-15(5)19(23)14(4)25-28/h7-10,12-13H,6,11H2,1-5H3,(H,24,29). The molecule has 0 fully saturated rings. The van der Waals surface area contributed by atoms with Crippen molar-refractivity contribution in [3.8, 4) is 0 Å². The van der Waals surface area contributed by atoms with Gasteiger partial charge >= 0.3 is 5.97 Å². The van der Waals surface area contributed by atoms with Crippen LogP contribution in [0.4, 0.5) is 5.69 Å². The predicted octanol–water partition coefficient (Wildman–Crippen LogP) is 4.24. The Labute approximate surface area is 186 Å². The van der Waals surface area contributed by atoms with Crippen LogP contribution >= 0.6 is 11.6 Å². The third-order valence-electron chi connectivity index (χ3n) is 4.68. The fourth-order valence-electron chi connectivity index (χ4n) is 3.10. The largest absolute Gasteiger partial charge is 0.458 e. The fraction of sp³-hybridized carbons (Fsp3) is 0.364. The number of esters is 1. The van der Waals surface area contributed by atoms with Crippen molar-refractivity contribution in [1.29, 1.82) is 0 Å². The molecule has 31 heavy (non-hydrogen) atoms. The third kappa shape index (κ3) is 5.14. The number of carbonyl (C=O) groups excluding carboxylic acids is 2. The molecule has 1 amide bonds. The van der Waals surface area contributed by atoms with Crippen molar-refractivity contribution >= 4 is 29.2 Å². The van der Waals surface area contributed by atoms with Crippen molar-refractivity contribution in [1.82, 2.24) is 19.6 Å². The summed E-state index contributed by atoms with van der Waals surface area (Å²) in [5.41, 5.74) is 3.39. The predicted molar refractivity (Wildman–Crippen MR) is 119 cm³/mol. The maximum atomic E-state index is 12.9. The molecule has 0 radical (unpaired) electrons. The number of nitrogens with one attached hydrogen (secondary N) is 1. The molecular weight excluding hydrogens is 418 g/mol. The maximum absolute atomic E-state index is 12.9. The first kappa shape index (κ1) is 22.6. The number of aromatic nitrogens is 4. The number of carbonyl (C=O) groups is 2. The van der Waals surface area contributed by atoms with E-state index < -0.39 is 5.97 Å². The second-order valence-corrected chi connectivity index (χ2v) is 7.88. The fourth-order valence-corrected chi connectivity index (χ4v) is 3.24. The number of hydrogen-bond acceptors (Lipinski definition) is 5. The molecule has 1 N–H and O–H groups in total. The molecule has 9 heteroatoms. The van der Waals surface area contributed by atoms with Gasteiger partial charge in [-0.25, -0.2) is 4.79 Å². The summed E-state index contributed by atoms with van der Waals surface area (Å²) in [6.07, 6.45) is 1.33. The van der Waals surface area contributed by atoms with Crippen LogP contribution in [0.3, 0.4) is 0 Å². The van der Waals surface area contributed by atoms with Gasteiger partial charge in [0.25, 0.3) is 5.91 Å². The van der Waals surface area contributed by atoms with Gasteiger partial charge in [0, 0.05) is 18.3 Å². The van der Waals surface area contributed by atoms with Crippen LogP contribution in [-0.4, -0.2) is 37.5 Å². The van der Waals surface area contributed by atoms with Gasteiger partial charge in [0.1, 0.15) is 0 Å². The smallest absolute Gasteiger partial charge is 0.361 e. The van der Waals surface area contributed by atoms with Gasteiger partial charge in [0.05, 0.1) is 34.7 Å². The molecule has 0 aliphatic heterocycles. The average Bonchev–Trinajstić information content (AvgIpc) is 3.24. The Morgan fingerprint density at radius 3 is 2.58 bits per heavy atom. The van der Waals surface area contributed by atoms with Crippen LogP contribution in [0.25, 0.3) is 0 Å². The minimum absolute atomic E-state index is 0.0809. The first-order valence-electron chi connectivity index (χ1n) is 10.1. The summed E-state index contributed by atoms with van der Waals surface area (Å²) in [7, 11) is 0.